The number of aromatic nitrogens is 2. The standard InChI is InChI=1S/C16H15N3O4/c1-10-9-23-14-5-3-2-4-11(14)8-19(10)15(20)12-6-18-13(7-17-12)16(21)22/h2-7,10H,8-9H2,1H3,(H,21,22). The normalized spacial score (nSPS) is 16.9. The Morgan fingerprint density at radius 3 is 2.61 bits per heavy atom. The average Bonchev–Trinajstić information content (AvgIpc) is 2.74. The van der Waals surface area contributed by atoms with Gasteiger partial charge in [-0.2, -0.15) is 0 Å². The fourth-order valence-corrected chi connectivity index (χ4v) is 2.38. The Morgan fingerprint density at radius 2 is 1.91 bits per heavy atom. The molecule has 7 nitrogen and oxygen atoms in total. The third kappa shape index (κ3) is 2.98. The average molecular weight is 313 g/mol. The van der Waals surface area contributed by atoms with Gasteiger partial charge in [-0.3, -0.25) is 4.79 Å². The third-order valence-electron chi connectivity index (χ3n) is 3.68. The highest BCUT2D eigenvalue weighted by Gasteiger charge is 2.27. The second-order valence-corrected chi connectivity index (χ2v) is 5.29. The summed E-state index contributed by atoms with van der Waals surface area (Å²) in [4.78, 5) is 32.8. The Morgan fingerprint density at radius 1 is 1.22 bits per heavy atom. The second-order valence-electron chi connectivity index (χ2n) is 5.29. The number of amides is 1. The van der Waals surface area contributed by atoms with Crippen molar-refractivity contribution in [2.24, 2.45) is 0 Å². The van der Waals surface area contributed by atoms with Crippen LogP contribution in [0.25, 0.3) is 0 Å². The Hall–Kier alpha value is -2.96. The number of hydrogen-bond donors (Lipinski definition) is 1. The Balaban J connectivity index is 1.87. The number of rotatable bonds is 2. The monoisotopic (exact) mass is 313 g/mol. The summed E-state index contributed by atoms with van der Waals surface area (Å²) in [5.74, 6) is -0.717. The lowest BCUT2D eigenvalue weighted by molar-refractivity contribution is 0.0634. The topological polar surface area (TPSA) is 92.6 Å². The minimum absolute atomic E-state index is 0.112. The van der Waals surface area contributed by atoms with Crippen LogP contribution in [0.2, 0.25) is 0 Å². The summed E-state index contributed by atoms with van der Waals surface area (Å²) in [7, 11) is 0. The van der Waals surface area contributed by atoms with E-state index in [1.54, 1.807) is 4.90 Å². The van der Waals surface area contributed by atoms with Crippen molar-refractivity contribution in [3.05, 3.63) is 53.6 Å². The van der Waals surface area contributed by atoms with Gasteiger partial charge in [-0.25, -0.2) is 14.8 Å². The molecule has 0 saturated heterocycles. The number of ether oxygens (including phenoxy) is 1. The molecule has 0 bridgehead atoms. The van der Waals surface area contributed by atoms with E-state index in [1.807, 2.05) is 31.2 Å². The molecule has 3 rings (SSSR count). The van der Waals surface area contributed by atoms with Crippen LogP contribution in [0, 0.1) is 0 Å². The van der Waals surface area contributed by atoms with Gasteiger partial charge >= 0.3 is 5.97 Å². The molecule has 1 aromatic heterocycles. The molecule has 23 heavy (non-hydrogen) atoms. The van der Waals surface area contributed by atoms with Gasteiger partial charge in [-0.05, 0) is 13.0 Å². The van der Waals surface area contributed by atoms with Crippen molar-refractivity contribution in [2.75, 3.05) is 6.61 Å². The number of aromatic carboxylic acids is 1. The summed E-state index contributed by atoms with van der Waals surface area (Å²) in [6, 6.07) is 7.42. The number of carboxylic acids is 1. The highest BCUT2D eigenvalue weighted by Crippen LogP contribution is 2.25. The van der Waals surface area contributed by atoms with Gasteiger partial charge < -0.3 is 14.7 Å². The molecule has 0 saturated carbocycles. The van der Waals surface area contributed by atoms with Gasteiger partial charge in [0.25, 0.3) is 5.91 Å². The first-order valence-corrected chi connectivity index (χ1v) is 7.13. The minimum atomic E-state index is -1.18. The van der Waals surface area contributed by atoms with Crippen molar-refractivity contribution in [1.82, 2.24) is 14.9 Å². The summed E-state index contributed by atoms with van der Waals surface area (Å²) in [5, 5.41) is 8.84. The first-order valence-electron chi connectivity index (χ1n) is 7.13. The molecule has 1 N–H and O–H groups in total. The number of hydrogen-bond acceptors (Lipinski definition) is 5. The molecule has 1 amide bonds. The van der Waals surface area contributed by atoms with Crippen molar-refractivity contribution in [3.63, 3.8) is 0 Å². The van der Waals surface area contributed by atoms with E-state index in [-0.39, 0.29) is 23.3 Å². The predicted molar refractivity (Wildman–Crippen MR) is 80.3 cm³/mol. The summed E-state index contributed by atoms with van der Waals surface area (Å²) in [6.07, 6.45) is 2.28. The fraction of sp³-hybridized carbons (Fsp3) is 0.250. The van der Waals surface area contributed by atoms with Crippen LogP contribution in [0.4, 0.5) is 0 Å². The van der Waals surface area contributed by atoms with Crippen LogP contribution >= 0.6 is 0 Å². The number of nitrogens with zero attached hydrogens (tertiary/aromatic N) is 3. The largest absolute Gasteiger partial charge is 0.491 e. The molecule has 0 spiro atoms. The molecule has 0 aliphatic carbocycles. The molecular formula is C16H15N3O4. The molecule has 1 atom stereocenters. The number of carbonyl (C=O) groups is 2. The molecule has 118 valence electrons. The van der Waals surface area contributed by atoms with Gasteiger partial charge in [0.05, 0.1) is 25.0 Å². The molecule has 7 heteroatoms. The van der Waals surface area contributed by atoms with Crippen molar-refractivity contribution >= 4 is 11.9 Å². The molecular weight excluding hydrogens is 298 g/mol. The maximum Gasteiger partial charge on any atom is 0.356 e. The molecule has 1 unspecified atom stereocenters. The lowest BCUT2D eigenvalue weighted by atomic mass is 10.1. The van der Waals surface area contributed by atoms with Crippen LogP contribution in [-0.4, -0.2) is 44.5 Å². The van der Waals surface area contributed by atoms with E-state index in [2.05, 4.69) is 9.97 Å². The maximum absolute atomic E-state index is 12.7. The Bertz CT molecular complexity index is 745. The number of carboxylic acid groups (broad SMARTS) is 1. The zero-order valence-corrected chi connectivity index (χ0v) is 12.5. The third-order valence-corrected chi connectivity index (χ3v) is 3.68. The van der Waals surface area contributed by atoms with E-state index < -0.39 is 5.97 Å². The summed E-state index contributed by atoms with van der Waals surface area (Å²) in [5.41, 5.74) is 0.834. The molecule has 0 fully saturated rings. The number of para-hydroxylation sites is 1. The van der Waals surface area contributed by atoms with Crippen LogP contribution in [0.1, 0.15) is 33.5 Å². The van der Waals surface area contributed by atoms with Gasteiger partial charge in [0, 0.05) is 5.56 Å². The van der Waals surface area contributed by atoms with Gasteiger partial charge in [-0.15, -0.1) is 0 Å². The Kier molecular flexibility index (Phi) is 3.92. The fourth-order valence-electron chi connectivity index (χ4n) is 2.38. The smallest absolute Gasteiger partial charge is 0.356 e. The molecule has 1 aromatic carbocycles. The maximum atomic E-state index is 12.7. The van der Waals surface area contributed by atoms with Crippen LogP contribution in [0.15, 0.2) is 36.7 Å². The van der Waals surface area contributed by atoms with E-state index in [4.69, 9.17) is 9.84 Å². The van der Waals surface area contributed by atoms with Crippen molar-refractivity contribution in [3.8, 4) is 5.75 Å². The lowest BCUT2D eigenvalue weighted by Crippen LogP contribution is -2.40. The molecule has 1 aliphatic rings. The van der Waals surface area contributed by atoms with Crippen LogP contribution in [0.5, 0.6) is 5.75 Å². The molecule has 2 heterocycles. The number of benzene rings is 1. The van der Waals surface area contributed by atoms with Gasteiger partial charge in [0.2, 0.25) is 0 Å². The molecule has 2 aromatic rings. The van der Waals surface area contributed by atoms with Crippen LogP contribution in [0.3, 0.4) is 0 Å². The van der Waals surface area contributed by atoms with Crippen molar-refractivity contribution in [1.29, 1.82) is 0 Å². The molecule has 1 aliphatic heterocycles. The summed E-state index contributed by atoms with van der Waals surface area (Å²) in [6.45, 7) is 2.67. The van der Waals surface area contributed by atoms with Crippen molar-refractivity contribution < 1.29 is 19.4 Å². The first kappa shape index (κ1) is 15.0. The highest BCUT2D eigenvalue weighted by molar-refractivity contribution is 5.93. The Labute approximate surface area is 132 Å². The zero-order valence-electron chi connectivity index (χ0n) is 12.5. The van der Waals surface area contributed by atoms with E-state index in [1.165, 1.54) is 6.20 Å². The van der Waals surface area contributed by atoms with E-state index >= 15 is 0 Å². The van der Waals surface area contributed by atoms with Gasteiger partial charge in [-0.1, -0.05) is 18.2 Å². The van der Waals surface area contributed by atoms with Crippen LogP contribution < -0.4 is 4.74 Å². The second kappa shape index (κ2) is 6.04. The van der Waals surface area contributed by atoms with Crippen LogP contribution in [-0.2, 0) is 6.54 Å². The molecule has 0 radical (unpaired) electrons. The van der Waals surface area contributed by atoms with E-state index in [0.717, 1.165) is 17.5 Å². The SMILES string of the molecule is CC1COc2ccccc2CN1C(=O)c1cnc(C(=O)O)cn1. The van der Waals surface area contributed by atoms with Gasteiger partial charge in [0.1, 0.15) is 18.1 Å². The summed E-state index contributed by atoms with van der Waals surface area (Å²) < 4.78 is 5.72. The number of carbonyl (C=O) groups excluding carboxylic acids is 1. The summed E-state index contributed by atoms with van der Waals surface area (Å²) >= 11 is 0. The van der Waals surface area contributed by atoms with Gasteiger partial charge in [0.15, 0.2) is 5.69 Å². The van der Waals surface area contributed by atoms with Crippen molar-refractivity contribution in [2.45, 2.75) is 19.5 Å². The quantitative estimate of drug-likeness (QED) is 0.905. The number of fused-ring (bicyclic) bond motifs is 1. The first-order chi connectivity index (χ1) is 11.1. The zero-order chi connectivity index (χ0) is 16.4. The van der Waals surface area contributed by atoms with E-state index in [9.17, 15) is 9.59 Å². The highest BCUT2D eigenvalue weighted by atomic mass is 16.5. The minimum Gasteiger partial charge on any atom is -0.491 e. The lowest BCUT2D eigenvalue weighted by Gasteiger charge is -2.25. The van der Waals surface area contributed by atoms with E-state index in [0.29, 0.717) is 13.2 Å². The predicted octanol–water partition coefficient (Wildman–Crippen LogP) is 1.60.